The summed E-state index contributed by atoms with van der Waals surface area (Å²) >= 11 is 0. The van der Waals surface area contributed by atoms with E-state index >= 15 is 0 Å². The summed E-state index contributed by atoms with van der Waals surface area (Å²) in [5.41, 5.74) is 14.3. The van der Waals surface area contributed by atoms with Crippen LogP contribution in [0.25, 0.3) is 77.1 Å². The molecule has 0 fully saturated rings. The Balaban J connectivity index is 1.22. The van der Waals surface area contributed by atoms with E-state index in [0.717, 1.165) is 17.1 Å². The third kappa shape index (κ3) is 5.67. The minimum atomic E-state index is 1.10. The summed E-state index contributed by atoms with van der Waals surface area (Å²) in [5.74, 6) is 0. The lowest BCUT2D eigenvalue weighted by molar-refractivity contribution is 0.983. The third-order valence-corrected chi connectivity index (χ3v) is 11.0. The summed E-state index contributed by atoms with van der Waals surface area (Å²) < 4.78 is 2.41. The van der Waals surface area contributed by atoms with Gasteiger partial charge in [0.15, 0.2) is 0 Å². The summed E-state index contributed by atoms with van der Waals surface area (Å²) in [6, 6.07) is 76.8. The van der Waals surface area contributed by atoms with Crippen molar-refractivity contribution in [2.75, 3.05) is 4.90 Å². The van der Waals surface area contributed by atoms with Crippen LogP contribution in [0.4, 0.5) is 17.1 Å². The number of rotatable bonds is 7. The number of aryl methyl sites for hydroxylation is 1. The minimum absolute atomic E-state index is 1.10. The van der Waals surface area contributed by atoms with Gasteiger partial charge < -0.3 is 9.47 Å². The quantitative estimate of drug-likeness (QED) is 0.150. The first-order valence-corrected chi connectivity index (χ1v) is 18.9. The zero-order valence-corrected chi connectivity index (χ0v) is 30.6. The normalized spacial score (nSPS) is 11.4. The Morgan fingerprint density at radius 1 is 0.327 bits per heavy atom. The molecule has 0 saturated heterocycles. The van der Waals surface area contributed by atoms with Gasteiger partial charge in [0.25, 0.3) is 0 Å². The van der Waals surface area contributed by atoms with Crippen molar-refractivity contribution in [2.24, 2.45) is 7.05 Å². The maximum absolute atomic E-state index is 2.41. The highest BCUT2D eigenvalue weighted by Gasteiger charge is 2.24. The molecular weight excluding hydrogens is 665 g/mol. The predicted octanol–water partition coefficient (Wildman–Crippen LogP) is 14.6. The molecule has 2 heteroatoms. The molecule has 0 saturated carbocycles. The van der Waals surface area contributed by atoms with Crippen molar-refractivity contribution in [1.29, 1.82) is 0 Å². The molecule has 55 heavy (non-hydrogen) atoms. The molecule has 0 aliphatic heterocycles. The largest absolute Gasteiger partial charge is 0.343 e. The molecule has 0 amide bonds. The van der Waals surface area contributed by atoms with Crippen LogP contribution in [0.15, 0.2) is 212 Å². The maximum atomic E-state index is 2.41. The highest BCUT2D eigenvalue weighted by molar-refractivity contribution is 6.30. The van der Waals surface area contributed by atoms with Crippen LogP contribution in [0, 0.1) is 0 Å². The van der Waals surface area contributed by atoms with Crippen LogP contribution in [-0.2, 0) is 7.05 Å². The van der Waals surface area contributed by atoms with Crippen LogP contribution < -0.4 is 4.90 Å². The van der Waals surface area contributed by atoms with Gasteiger partial charge >= 0.3 is 0 Å². The number of aromatic nitrogens is 1. The smallest absolute Gasteiger partial charge is 0.0575 e. The molecule has 0 atom stereocenters. The van der Waals surface area contributed by atoms with Crippen LogP contribution in [0.1, 0.15) is 0 Å². The second kappa shape index (κ2) is 13.7. The van der Waals surface area contributed by atoms with Gasteiger partial charge in [0, 0.05) is 40.4 Å². The number of benzene rings is 9. The Morgan fingerprint density at radius 2 is 0.745 bits per heavy atom. The zero-order valence-electron chi connectivity index (χ0n) is 30.6. The van der Waals surface area contributed by atoms with E-state index < -0.39 is 0 Å². The highest BCUT2D eigenvalue weighted by atomic mass is 15.1. The molecule has 9 aromatic carbocycles. The number of fused-ring (bicyclic) bond motifs is 6. The first-order valence-electron chi connectivity index (χ1n) is 18.9. The van der Waals surface area contributed by atoms with E-state index in [-0.39, 0.29) is 0 Å². The second-order valence-electron chi connectivity index (χ2n) is 14.2. The van der Waals surface area contributed by atoms with Crippen LogP contribution in [0.3, 0.4) is 0 Å². The first kappa shape index (κ1) is 32.5. The molecule has 0 radical (unpaired) electrons. The Hall–Kier alpha value is -7.16. The van der Waals surface area contributed by atoms with Crippen molar-refractivity contribution in [1.82, 2.24) is 4.57 Å². The lowest BCUT2D eigenvalue weighted by Gasteiger charge is -2.26. The first-order chi connectivity index (χ1) is 27.2. The summed E-state index contributed by atoms with van der Waals surface area (Å²) in [6.07, 6.45) is 0. The number of hydrogen-bond acceptors (Lipinski definition) is 1. The van der Waals surface area contributed by atoms with E-state index in [1.807, 2.05) is 0 Å². The molecule has 2 nitrogen and oxygen atoms in total. The summed E-state index contributed by atoms with van der Waals surface area (Å²) in [7, 11) is 2.23. The van der Waals surface area contributed by atoms with Gasteiger partial charge in [-0.2, -0.15) is 0 Å². The molecular formula is C53H38N2. The molecule has 260 valence electrons. The van der Waals surface area contributed by atoms with E-state index in [2.05, 4.69) is 229 Å². The third-order valence-electron chi connectivity index (χ3n) is 11.0. The molecule has 0 spiro atoms. The van der Waals surface area contributed by atoms with Gasteiger partial charge in [-0.1, -0.05) is 176 Å². The highest BCUT2D eigenvalue weighted by Crippen LogP contribution is 2.48. The minimum Gasteiger partial charge on any atom is -0.343 e. The summed E-state index contributed by atoms with van der Waals surface area (Å²) in [5, 5.41) is 6.24. The Labute approximate surface area is 321 Å². The fraction of sp³-hybridized carbons (Fsp3) is 0.0189. The van der Waals surface area contributed by atoms with Gasteiger partial charge in [-0.3, -0.25) is 0 Å². The number of nitrogens with zero attached hydrogens (tertiary/aromatic N) is 2. The lowest BCUT2D eigenvalue weighted by Crippen LogP contribution is -2.10. The van der Waals surface area contributed by atoms with Crippen LogP contribution in [0.5, 0.6) is 0 Å². The van der Waals surface area contributed by atoms with Crippen LogP contribution >= 0.6 is 0 Å². The lowest BCUT2D eigenvalue weighted by atomic mass is 9.92. The zero-order chi connectivity index (χ0) is 36.7. The van der Waals surface area contributed by atoms with Crippen molar-refractivity contribution in [3.8, 4) is 44.6 Å². The molecule has 0 aliphatic rings. The van der Waals surface area contributed by atoms with Gasteiger partial charge in [0.05, 0.1) is 11.2 Å². The van der Waals surface area contributed by atoms with E-state index in [9.17, 15) is 0 Å². The molecule has 0 aliphatic carbocycles. The topological polar surface area (TPSA) is 8.17 Å². The van der Waals surface area contributed by atoms with Crippen molar-refractivity contribution in [2.45, 2.75) is 0 Å². The van der Waals surface area contributed by atoms with Crippen molar-refractivity contribution >= 4 is 49.5 Å². The van der Waals surface area contributed by atoms with E-state index in [0.29, 0.717) is 0 Å². The van der Waals surface area contributed by atoms with E-state index in [1.54, 1.807) is 0 Å². The number of anilines is 3. The Bertz CT molecular complexity index is 2850. The molecule has 1 heterocycles. The fourth-order valence-electron chi connectivity index (χ4n) is 8.43. The predicted molar refractivity (Wildman–Crippen MR) is 234 cm³/mol. The van der Waals surface area contributed by atoms with Crippen molar-refractivity contribution in [3.63, 3.8) is 0 Å². The molecule has 10 rings (SSSR count). The summed E-state index contributed by atoms with van der Waals surface area (Å²) in [4.78, 5) is 2.39. The van der Waals surface area contributed by atoms with E-state index in [4.69, 9.17) is 0 Å². The summed E-state index contributed by atoms with van der Waals surface area (Å²) in [6.45, 7) is 0. The van der Waals surface area contributed by atoms with Crippen molar-refractivity contribution in [3.05, 3.63) is 212 Å². The van der Waals surface area contributed by atoms with Crippen LogP contribution in [-0.4, -0.2) is 4.57 Å². The van der Waals surface area contributed by atoms with Gasteiger partial charge in [-0.15, -0.1) is 0 Å². The molecule has 0 N–H and O–H groups in total. The molecule has 0 bridgehead atoms. The van der Waals surface area contributed by atoms with E-state index in [1.165, 1.54) is 77.1 Å². The standard InChI is InChI=1S/C53H38N2/c1-54-52(42-22-12-5-13-23-42)50(41-20-10-4-11-21-41)51-47-35-34-45(36-49(47)46-24-14-15-25-48(46)53(51)54)55(43-30-26-39(27-31-43)37-16-6-2-7-17-37)44-32-28-40(29-33-44)38-18-8-3-9-19-38/h2-36H,1H3. The average Bonchev–Trinajstić information content (AvgIpc) is 3.58. The number of hydrogen-bond donors (Lipinski definition) is 0. The molecule has 10 aromatic rings. The van der Waals surface area contributed by atoms with Gasteiger partial charge in [0.1, 0.15) is 0 Å². The van der Waals surface area contributed by atoms with Crippen molar-refractivity contribution < 1.29 is 0 Å². The maximum Gasteiger partial charge on any atom is 0.0575 e. The Morgan fingerprint density at radius 3 is 1.27 bits per heavy atom. The second-order valence-corrected chi connectivity index (χ2v) is 14.2. The average molecular weight is 703 g/mol. The van der Waals surface area contributed by atoms with Gasteiger partial charge in [-0.05, 0) is 85.9 Å². The fourth-order valence-corrected chi connectivity index (χ4v) is 8.43. The van der Waals surface area contributed by atoms with Gasteiger partial charge in [-0.25, -0.2) is 0 Å². The molecule has 1 aromatic heterocycles. The Kier molecular flexibility index (Phi) is 8.08. The molecule has 0 unspecified atom stereocenters. The SMILES string of the molecule is Cn1c(-c2ccccc2)c(-c2ccccc2)c2c3ccc(N(c4ccc(-c5ccccc5)cc4)c4ccc(-c5ccccc5)cc4)cc3c3ccccc3c21. The van der Waals surface area contributed by atoms with Crippen LogP contribution in [0.2, 0.25) is 0 Å². The van der Waals surface area contributed by atoms with Gasteiger partial charge in [0.2, 0.25) is 0 Å². The monoisotopic (exact) mass is 702 g/mol.